The van der Waals surface area contributed by atoms with Crippen LogP contribution in [0.1, 0.15) is 42.5 Å². The second kappa shape index (κ2) is 6.52. The summed E-state index contributed by atoms with van der Waals surface area (Å²) >= 11 is 0. The predicted octanol–water partition coefficient (Wildman–Crippen LogP) is 2.31. The number of carbonyl (C=O) groups is 1. The van der Waals surface area contributed by atoms with Crippen molar-refractivity contribution in [3.8, 4) is 0 Å². The lowest BCUT2D eigenvalue weighted by molar-refractivity contribution is 0.0586. The van der Waals surface area contributed by atoms with Crippen molar-refractivity contribution >= 4 is 5.91 Å². The zero-order valence-electron chi connectivity index (χ0n) is 12.3. The van der Waals surface area contributed by atoms with E-state index < -0.39 is 5.82 Å². The summed E-state index contributed by atoms with van der Waals surface area (Å²) in [5, 5.41) is 0. The van der Waals surface area contributed by atoms with Crippen LogP contribution in [0.5, 0.6) is 0 Å². The molecule has 0 bridgehead atoms. The van der Waals surface area contributed by atoms with Crippen LogP contribution >= 0.6 is 0 Å². The van der Waals surface area contributed by atoms with Gasteiger partial charge in [0.15, 0.2) is 5.82 Å². The summed E-state index contributed by atoms with van der Waals surface area (Å²) in [6.07, 6.45) is 8.50. The number of likely N-dealkylation sites (tertiary alicyclic amines) is 2. The van der Waals surface area contributed by atoms with E-state index in [-0.39, 0.29) is 11.5 Å². The number of amides is 1. The van der Waals surface area contributed by atoms with Gasteiger partial charge in [0.25, 0.3) is 5.91 Å². The van der Waals surface area contributed by atoms with Crippen LogP contribution in [0.4, 0.5) is 4.39 Å². The van der Waals surface area contributed by atoms with Crippen LogP contribution in [0.25, 0.3) is 0 Å². The topological polar surface area (TPSA) is 36.4 Å². The Kier molecular flexibility index (Phi) is 4.48. The van der Waals surface area contributed by atoms with Crippen LogP contribution in [0.15, 0.2) is 18.5 Å². The maximum atomic E-state index is 13.6. The van der Waals surface area contributed by atoms with E-state index in [1.54, 1.807) is 4.90 Å². The zero-order chi connectivity index (χ0) is 14.7. The molecule has 4 nitrogen and oxygen atoms in total. The molecule has 5 heteroatoms. The number of hydrogen-bond donors (Lipinski definition) is 0. The van der Waals surface area contributed by atoms with Gasteiger partial charge in [-0.25, -0.2) is 4.39 Å². The van der Waals surface area contributed by atoms with Gasteiger partial charge in [0.2, 0.25) is 0 Å². The van der Waals surface area contributed by atoms with Crippen LogP contribution in [0, 0.1) is 5.82 Å². The van der Waals surface area contributed by atoms with Gasteiger partial charge in [-0.05, 0) is 44.8 Å². The molecule has 1 aromatic rings. The quantitative estimate of drug-likeness (QED) is 0.839. The van der Waals surface area contributed by atoms with Gasteiger partial charge in [0.05, 0.1) is 11.8 Å². The Balaban J connectivity index is 1.58. The molecule has 0 saturated carbocycles. The lowest BCUT2D eigenvalue weighted by Crippen LogP contribution is -2.48. The summed E-state index contributed by atoms with van der Waals surface area (Å²) in [6.45, 7) is 3.83. The van der Waals surface area contributed by atoms with Crippen molar-refractivity contribution < 1.29 is 9.18 Å². The second-order valence-corrected chi connectivity index (χ2v) is 5.98. The molecule has 0 atom stereocenters. The van der Waals surface area contributed by atoms with Gasteiger partial charge in [0.1, 0.15) is 0 Å². The van der Waals surface area contributed by atoms with E-state index in [1.165, 1.54) is 44.6 Å². The Morgan fingerprint density at radius 3 is 2.52 bits per heavy atom. The highest BCUT2D eigenvalue weighted by Crippen LogP contribution is 2.22. The Morgan fingerprint density at radius 2 is 1.86 bits per heavy atom. The molecule has 1 amide bonds. The van der Waals surface area contributed by atoms with Gasteiger partial charge < -0.3 is 9.80 Å². The van der Waals surface area contributed by atoms with E-state index >= 15 is 0 Å². The van der Waals surface area contributed by atoms with Gasteiger partial charge >= 0.3 is 0 Å². The third-order valence-corrected chi connectivity index (χ3v) is 4.66. The third-order valence-electron chi connectivity index (χ3n) is 4.66. The molecule has 3 rings (SSSR count). The van der Waals surface area contributed by atoms with Gasteiger partial charge in [0, 0.05) is 25.3 Å². The summed E-state index contributed by atoms with van der Waals surface area (Å²) in [6, 6.07) is 2.06. The van der Waals surface area contributed by atoms with Gasteiger partial charge in [-0.3, -0.25) is 9.78 Å². The van der Waals surface area contributed by atoms with Crippen LogP contribution in [-0.2, 0) is 0 Å². The van der Waals surface area contributed by atoms with Crippen molar-refractivity contribution in [2.24, 2.45) is 0 Å². The number of nitrogens with zero attached hydrogens (tertiary/aromatic N) is 3. The first-order valence-corrected chi connectivity index (χ1v) is 7.88. The lowest BCUT2D eigenvalue weighted by atomic mass is 9.99. The number of pyridine rings is 1. The van der Waals surface area contributed by atoms with E-state index in [0.29, 0.717) is 6.04 Å². The third kappa shape index (κ3) is 3.23. The molecular weight excluding hydrogens is 269 g/mol. The fraction of sp³-hybridized carbons (Fsp3) is 0.625. The van der Waals surface area contributed by atoms with Crippen molar-refractivity contribution in [2.75, 3.05) is 26.2 Å². The zero-order valence-corrected chi connectivity index (χ0v) is 12.3. The summed E-state index contributed by atoms with van der Waals surface area (Å²) in [5.74, 6) is -0.729. The predicted molar refractivity (Wildman–Crippen MR) is 78.5 cm³/mol. The smallest absolute Gasteiger partial charge is 0.256 e. The molecule has 2 saturated heterocycles. The summed E-state index contributed by atoms with van der Waals surface area (Å²) in [4.78, 5) is 20.4. The molecule has 0 spiro atoms. The molecule has 2 aliphatic rings. The maximum absolute atomic E-state index is 13.6. The van der Waals surface area contributed by atoms with Crippen molar-refractivity contribution in [2.45, 2.75) is 38.1 Å². The average Bonchev–Trinajstić information content (AvgIpc) is 2.56. The minimum absolute atomic E-state index is 0.140. The van der Waals surface area contributed by atoms with E-state index in [1.807, 2.05) is 0 Å². The summed E-state index contributed by atoms with van der Waals surface area (Å²) in [7, 11) is 0. The van der Waals surface area contributed by atoms with Crippen molar-refractivity contribution in [3.63, 3.8) is 0 Å². The molecule has 21 heavy (non-hydrogen) atoms. The molecule has 0 unspecified atom stereocenters. The highest BCUT2D eigenvalue weighted by Gasteiger charge is 2.28. The van der Waals surface area contributed by atoms with Gasteiger partial charge in [-0.2, -0.15) is 0 Å². The van der Waals surface area contributed by atoms with E-state index in [0.717, 1.165) is 32.1 Å². The summed E-state index contributed by atoms with van der Waals surface area (Å²) in [5.41, 5.74) is 0.140. The molecule has 114 valence electrons. The average molecular weight is 291 g/mol. The number of halogens is 1. The lowest BCUT2D eigenvalue weighted by Gasteiger charge is -2.40. The number of rotatable bonds is 2. The highest BCUT2D eigenvalue weighted by molar-refractivity contribution is 5.94. The van der Waals surface area contributed by atoms with E-state index in [4.69, 9.17) is 0 Å². The van der Waals surface area contributed by atoms with E-state index in [9.17, 15) is 9.18 Å². The first-order valence-electron chi connectivity index (χ1n) is 7.88. The largest absolute Gasteiger partial charge is 0.338 e. The number of piperidine rings is 2. The molecule has 2 fully saturated rings. The number of hydrogen-bond acceptors (Lipinski definition) is 3. The number of carbonyl (C=O) groups excluding carboxylic acids is 1. The first kappa shape index (κ1) is 14.4. The Bertz CT molecular complexity index is 494. The maximum Gasteiger partial charge on any atom is 0.256 e. The first-order chi connectivity index (χ1) is 10.3. The van der Waals surface area contributed by atoms with Crippen molar-refractivity contribution in [1.29, 1.82) is 0 Å². The molecule has 2 aliphatic heterocycles. The molecule has 0 aromatic carbocycles. The monoisotopic (exact) mass is 291 g/mol. The van der Waals surface area contributed by atoms with Crippen molar-refractivity contribution in [1.82, 2.24) is 14.8 Å². The van der Waals surface area contributed by atoms with Gasteiger partial charge in [-0.1, -0.05) is 6.42 Å². The highest BCUT2D eigenvalue weighted by atomic mass is 19.1. The Hall–Kier alpha value is -1.49. The second-order valence-electron chi connectivity index (χ2n) is 5.98. The fourth-order valence-electron chi connectivity index (χ4n) is 3.44. The van der Waals surface area contributed by atoms with Gasteiger partial charge in [-0.15, -0.1) is 0 Å². The standard InChI is InChI=1S/C16H22FN3O/c17-15-12-18-7-4-14(15)16(21)20-10-5-13(6-11-20)19-8-2-1-3-9-19/h4,7,12-13H,1-3,5-6,8-11H2. The normalized spacial score (nSPS) is 21.5. The number of aromatic nitrogens is 1. The minimum atomic E-state index is -0.527. The molecule has 0 aliphatic carbocycles. The molecule has 0 radical (unpaired) electrons. The summed E-state index contributed by atoms with van der Waals surface area (Å²) < 4.78 is 13.6. The molecule has 1 aromatic heterocycles. The Morgan fingerprint density at radius 1 is 1.14 bits per heavy atom. The van der Waals surface area contributed by atoms with Crippen LogP contribution in [0.3, 0.4) is 0 Å². The minimum Gasteiger partial charge on any atom is -0.338 e. The molecule has 0 N–H and O–H groups in total. The molecular formula is C16H22FN3O. The SMILES string of the molecule is O=C(c1ccncc1F)N1CCC(N2CCCCC2)CC1. The fourth-order valence-corrected chi connectivity index (χ4v) is 3.44. The van der Waals surface area contributed by atoms with E-state index in [2.05, 4.69) is 9.88 Å². The van der Waals surface area contributed by atoms with Crippen LogP contribution in [0.2, 0.25) is 0 Å². The molecule has 3 heterocycles. The Labute approximate surface area is 125 Å². The van der Waals surface area contributed by atoms with Crippen LogP contribution in [-0.4, -0.2) is 52.9 Å². The van der Waals surface area contributed by atoms with Crippen LogP contribution < -0.4 is 0 Å². The van der Waals surface area contributed by atoms with Crippen molar-refractivity contribution in [3.05, 3.63) is 29.8 Å².